The first kappa shape index (κ1) is 16.7. The normalized spacial score (nSPS) is 12.3. The van der Waals surface area contributed by atoms with Crippen molar-refractivity contribution in [1.82, 2.24) is 14.9 Å². The van der Waals surface area contributed by atoms with Gasteiger partial charge < -0.3 is 4.57 Å². The van der Waals surface area contributed by atoms with E-state index in [-0.39, 0.29) is 6.04 Å². The van der Waals surface area contributed by atoms with Gasteiger partial charge in [-0.2, -0.15) is 0 Å². The Morgan fingerprint density at radius 1 is 1.12 bits per heavy atom. The van der Waals surface area contributed by atoms with Crippen LogP contribution in [0, 0.1) is 13.8 Å². The maximum atomic E-state index is 6.04. The molecule has 0 unspecified atom stereocenters. The lowest BCUT2D eigenvalue weighted by atomic mass is 10.0. The summed E-state index contributed by atoms with van der Waals surface area (Å²) in [6.07, 6.45) is 3.80. The molecule has 0 aliphatic carbocycles. The molecule has 2 aromatic carbocycles. The second kappa shape index (κ2) is 7.20. The highest BCUT2D eigenvalue weighted by Gasteiger charge is 2.18. The minimum absolute atomic E-state index is 0.0166. The van der Waals surface area contributed by atoms with Gasteiger partial charge in [0.05, 0.1) is 6.04 Å². The summed E-state index contributed by atoms with van der Waals surface area (Å²) in [6, 6.07) is 14.5. The average molecular weight is 340 g/mol. The lowest BCUT2D eigenvalue weighted by molar-refractivity contribution is 0.557. The molecular weight excluding hydrogens is 318 g/mol. The van der Waals surface area contributed by atoms with E-state index in [1.54, 1.807) is 0 Å². The highest BCUT2D eigenvalue weighted by Crippen LogP contribution is 2.23. The van der Waals surface area contributed by atoms with Crippen molar-refractivity contribution in [3.63, 3.8) is 0 Å². The summed E-state index contributed by atoms with van der Waals surface area (Å²) in [5.41, 5.74) is 5.04. The SMILES string of the molecule is Cc1ccc(CN[C@H](c2ccc(Cl)cc2)c2nccn2C)c(C)c1. The van der Waals surface area contributed by atoms with Crippen LogP contribution in [0.5, 0.6) is 0 Å². The van der Waals surface area contributed by atoms with Crippen molar-refractivity contribution in [1.29, 1.82) is 0 Å². The van der Waals surface area contributed by atoms with Gasteiger partial charge in [-0.15, -0.1) is 0 Å². The molecule has 1 atom stereocenters. The van der Waals surface area contributed by atoms with Crippen LogP contribution in [0.25, 0.3) is 0 Å². The van der Waals surface area contributed by atoms with E-state index in [9.17, 15) is 0 Å². The topological polar surface area (TPSA) is 29.9 Å². The van der Waals surface area contributed by atoms with Crippen molar-refractivity contribution in [2.75, 3.05) is 0 Å². The minimum Gasteiger partial charge on any atom is -0.336 e. The van der Waals surface area contributed by atoms with Crippen LogP contribution < -0.4 is 5.32 Å². The van der Waals surface area contributed by atoms with Crippen LogP contribution in [0.4, 0.5) is 0 Å². The Hall–Kier alpha value is -2.10. The van der Waals surface area contributed by atoms with Gasteiger partial charge in [0, 0.05) is 31.0 Å². The summed E-state index contributed by atoms with van der Waals surface area (Å²) >= 11 is 6.04. The van der Waals surface area contributed by atoms with Crippen molar-refractivity contribution in [2.24, 2.45) is 7.05 Å². The van der Waals surface area contributed by atoms with E-state index in [1.165, 1.54) is 16.7 Å². The third-order valence-corrected chi connectivity index (χ3v) is 4.57. The average Bonchev–Trinajstić information content (AvgIpc) is 2.97. The molecule has 1 heterocycles. The van der Waals surface area contributed by atoms with Crippen LogP contribution in [0.3, 0.4) is 0 Å². The van der Waals surface area contributed by atoms with Crippen molar-refractivity contribution >= 4 is 11.6 Å². The Morgan fingerprint density at radius 2 is 1.88 bits per heavy atom. The molecule has 3 aromatic rings. The minimum atomic E-state index is 0.0166. The molecule has 4 heteroatoms. The largest absolute Gasteiger partial charge is 0.336 e. The van der Waals surface area contributed by atoms with Gasteiger partial charge in [-0.1, -0.05) is 47.5 Å². The summed E-state index contributed by atoms with van der Waals surface area (Å²) in [7, 11) is 2.02. The molecule has 124 valence electrons. The number of hydrogen-bond acceptors (Lipinski definition) is 2. The van der Waals surface area contributed by atoms with Crippen LogP contribution in [0.15, 0.2) is 54.9 Å². The standard InChI is InChI=1S/C20H22ClN3/c1-14-4-5-17(15(2)12-14)13-23-19(20-22-10-11-24(20)3)16-6-8-18(21)9-7-16/h4-12,19,23H,13H2,1-3H3/t19-/m1/s1. The molecule has 3 nitrogen and oxygen atoms in total. The number of benzene rings is 2. The summed E-state index contributed by atoms with van der Waals surface area (Å²) < 4.78 is 2.05. The Labute approximate surface area is 148 Å². The number of aryl methyl sites for hydroxylation is 3. The van der Waals surface area contributed by atoms with Crippen LogP contribution in [-0.2, 0) is 13.6 Å². The number of hydrogen-bond donors (Lipinski definition) is 1. The number of rotatable bonds is 5. The van der Waals surface area contributed by atoms with Crippen molar-refractivity contribution in [2.45, 2.75) is 26.4 Å². The van der Waals surface area contributed by atoms with Crippen LogP contribution in [-0.4, -0.2) is 9.55 Å². The van der Waals surface area contributed by atoms with E-state index < -0.39 is 0 Å². The van der Waals surface area contributed by atoms with E-state index in [0.29, 0.717) is 0 Å². The Bertz CT molecular complexity index is 821. The number of aromatic nitrogens is 2. The van der Waals surface area contributed by atoms with Crippen molar-refractivity contribution < 1.29 is 0 Å². The molecule has 0 amide bonds. The zero-order valence-corrected chi connectivity index (χ0v) is 15.0. The first-order valence-electron chi connectivity index (χ1n) is 8.07. The molecule has 1 aromatic heterocycles. The van der Waals surface area contributed by atoms with Gasteiger partial charge in [0.15, 0.2) is 0 Å². The van der Waals surface area contributed by atoms with E-state index in [1.807, 2.05) is 36.1 Å². The number of halogens is 1. The van der Waals surface area contributed by atoms with Crippen LogP contribution >= 0.6 is 11.6 Å². The van der Waals surface area contributed by atoms with Gasteiger partial charge in [0.2, 0.25) is 0 Å². The van der Waals surface area contributed by atoms with Crippen LogP contribution in [0.1, 0.15) is 34.1 Å². The highest BCUT2D eigenvalue weighted by molar-refractivity contribution is 6.30. The van der Waals surface area contributed by atoms with E-state index >= 15 is 0 Å². The fraction of sp³-hybridized carbons (Fsp3) is 0.250. The van der Waals surface area contributed by atoms with Crippen molar-refractivity contribution in [3.8, 4) is 0 Å². The molecule has 0 spiro atoms. The highest BCUT2D eigenvalue weighted by atomic mass is 35.5. The summed E-state index contributed by atoms with van der Waals surface area (Å²) in [5, 5.41) is 4.39. The molecule has 0 radical (unpaired) electrons. The third kappa shape index (κ3) is 3.69. The Balaban J connectivity index is 1.88. The lowest BCUT2D eigenvalue weighted by Gasteiger charge is -2.20. The zero-order valence-electron chi connectivity index (χ0n) is 14.3. The Kier molecular flexibility index (Phi) is 5.03. The monoisotopic (exact) mass is 339 g/mol. The van der Waals surface area contributed by atoms with E-state index in [4.69, 9.17) is 11.6 Å². The molecule has 0 saturated carbocycles. The Morgan fingerprint density at radius 3 is 2.50 bits per heavy atom. The maximum Gasteiger partial charge on any atom is 0.130 e. The van der Waals surface area contributed by atoms with Gasteiger partial charge >= 0.3 is 0 Å². The summed E-state index contributed by atoms with van der Waals surface area (Å²) in [4.78, 5) is 4.53. The molecule has 1 N–H and O–H groups in total. The number of imidazole rings is 1. The molecule has 0 aliphatic rings. The van der Waals surface area contributed by atoms with Crippen molar-refractivity contribution in [3.05, 3.63) is 88.0 Å². The molecule has 0 bridgehead atoms. The van der Waals surface area contributed by atoms with Gasteiger partial charge in [0.1, 0.15) is 5.82 Å². The molecular formula is C20H22ClN3. The first-order valence-corrected chi connectivity index (χ1v) is 8.44. The molecule has 0 fully saturated rings. The molecule has 0 saturated heterocycles. The summed E-state index contributed by atoms with van der Waals surface area (Å²) in [5.74, 6) is 0.988. The van der Waals surface area contributed by atoms with Gasteiger partial charge in [0.25, 0.3) is 0 Å². The summed E-state index contributed by atoms with van der Waals surface area (Å²) in [6.45, 7) is 5.06. The third-order valence-electron chi connectivity index (χ3n) is 4.31. The second-order valence-electron chi connectivity index (χ2n) is 6.19. The zero-order chi connectivity index (χ0) is 17.1. The fourth-order valence-corrected chi connectivity index (χ4v) is 3.05. The quantitative estimate of drug-likeness (QED) is 0.738. The smallest absolute Gasteiger partial charge is 0.130 e. The second-order valence-corrected chi connectivity index (χ2v) is 6.63. The van der Waals surface area contributed by atoms with E-state index in [0.717, 1.165) is 23.0 Å². The van der Waals surface area contributed by atoms with Gasteiger partial charge in [-0.05, 0) is 42.7 Å². The van der Waals surface area contributed by atoms with E-state index in [2.05, 4.69) is 54.5 Å². The predicted octanol–water partition coefficient (Wildman–Crippen LogP) is 4.57. The maximum absolute atomic E-state index is 6.04. The fourth-order valence-electron chi connectivity index (χ4n) is 2.92. The predicted molar refractivity (Wildman–Crippen MR) is 99.3 cm³/mol. The number of nitrogens with one attached hydrogen (secondary N) is 1. The van der Waals surface area contributed by atoms with Gasteiger partial charge in [-0.25, -0.2) is 4.98 Å². The van der Waals surface area contributed by atoms with Crippen LogP contribution in [0.2, 0.25) is 5.02 Å². The molecule has 24 heavy (non-hydrogen) atoms. The molecule has 3 rings (SSSR count). The first-order chi connectivity index (χ1) is 11.5. The molecule has 0 aliphatic heterocycles. The number of nitrogens with zero attached hydrogens (tertiary/aromatic N) is 2. The lowest BCUT2D eigenvalue weighted by Crippen LogP contribution is -2.25. The van der Waals surface area contributed by atoms with Gasteiger partial charge in [-0.3, -0.25) is 5.32 Å².